The minimum atomic E-state index is -0.707. The van der Waals surface area contributed by atoms with Crippen molar-refractivity contribution < 1.29 is 23.5 Å². The Hall–Kier alpha value is -3.09. The third-order valence-corrected chi connectivity index (χ3v) is 3.74. The monoisotopic (exact) mass is 388 g/mol. The molecule has 2 aromatic carbocycles. The SMILES string of the molecule is Cc1ccc(OCC(=O)Nc2cc(F)ccc2NC(=O)OC(C)(C)C)cc1C. The standard InChI is InChI=1S/C21H25FN2O4/c1-13-6-8-16(10-14(13)2)27-12-19(25)23-18-11-15(22)7-9-17(18)24-20(26)28-21(3,4)5/h6-11H,12H2,1-5H3,(H,23,25)(H,24,26). The van der Waals surface area contributed by atoms with Crippen molar-refractivity contribution in [1.82, 2.24) is 0 Å². The van der Waals surface area contributed by atoms with Crippen LogP contribution >= 0.6 is 0 Å². The molecule has 0 aromatic heterocycles. The maximum Gasteiger partial charge on any atom is 0.412 e. The van der Waals surface area contributed by atoms with Gasteiger partial charge in [0.2, 0.25) is 0 Å². The molecule has 0 radical (unpaired) electrons. The highest BCUT2D eigenvalue weighted by atomic mass is 19.1. The number of ether oxygens (including phenoxy) is 2. The minimum Gasteiger partial charge on any atom is -0.484 e. The summed E-state index contributed by atoms with van der Waals surface area (Å²) in [7, 11) is 0. The first-order valence-corrected chi connectivity index (χ1v) is 8.83. The van der Waals surface area contributed by atoms with Crippen molar-refractivity contribution in [3.05, 3.63) is 53.3 Å². The van der Waals surface area contributed by atoms with Gasteiger partial charge in [0.05, 0.1) is 11.4 Å². The normalized spacial score (nSPS) is 10.9. The summed E-state index contributed by atoms with van der Waals surface area (Å²) in [4.78, 5) is 24.2. The fraction of sp³-hybridized carbons (Fsp3) is 0.333. The van der Waals surface area contributed by atoms with Gasteiger partial charge in [0.25, 0.3) is 5.91 Å². The summed E-state index contributed by atoms with van der Waals surface area (Å²) in [5.41, 5.74) is 1.81. The van der Waals surface area contributed by atoms with Crippen LogP contribution in [0.5, 0.6) is 5.75 Å². The Kier molecular flexibility index (Phi) is 6.62. The molecular weight excluding hydrogens is 363 g/mol. The van der Waals surface area contributed by atoms with Crippen molar-refractivity contribution in [2.24, 2.45) is 0 Å². The Morgan fingerprint density at radius 3 is 2.32 bits per heavy atom. The number of hydrogen-bond acceptors (Lipinski definition) is 4. The van der Waals surface area contributed by atoms with Gasteiger partial charge in [0.15, 0.2) is 6.61 Å². The summed E-state index contributed by atoms with van der Waals surface area (Å²) >= 11 is 0. The Labute approximate surface area is 164 Å². The van der Waals surface area contributed by atoms with E-state index in [1.165, 1.54) is 12.1 Å². The first-order valence-electron chi connectivity index (χ1n) is 8.83. The summed E-state index contributed by atoms with van der Waals surface area (Å²) < 4.78 is 24.3. The lowest BCUT2D eigenvalue weighted by molar-refractivity contribution is -0.118. The Morgan fingerprint density at radius 2 is 1.68 bits per heavy atom. The number of rotatable bonds is 5. The maximum absolute atomic E-state index is 13.6. The van der Waals surface area contributed by atoms with E-state index in [0.717, 1.165) is 17.2 Å². The van der Waals surface area contributed by atoms with Crippen molar-refractivity contribution in [1.29, 1.82) is 0 Å². The van der Waals surface area contributed by atoms with E-state index in [4.69, 9.17) is 9.47 Å². The third kappa shape index (κ3) is 6.57. The van der Waals surface area contributed by atoms with E-state index in [9.17, 15) is 14.0 Å². The van der Waals surface area contributed by atoms with E-state index >= 15 is 0 Å². The predicted octanol–water partition coefficient (Wildman–Crippen LogP) is 4.81. The van der Waals surface area contributed by atoms with Gasteiger partial charge in [-0.05, 0) is 76.1 Å². The molecule has 0 saturated heterocycles. The first-order chi connectivity index (χ1) is 13.0. The lowest BCUT2D eigenvalue weighted by Gasteiger charge is -2.20. The van der Waals surface area contributed by atoms with E-state index in [-0.39, 0.29) is 18.0 Å². The molecule has 6 nitrogen and oxygen atoms in total. The number of nitrogens with one attached hydrogen (secondary N) is 2. The molecule has 0 saturated carbocycles. The molecule has 150 valence electrons. The van der Waals surface area contributed by atoms with E-state index in [1.807, 2.05) is 26.0 Å². The number of benzene rings is 2. The highest BCUT2D eigenvalue weighted by Gasteiger charge is 2.18. The van der Waals surface area contributed by atoms with Crippen LogP contribution in [0.4, 0.5) is 20.6 Å². The van der Waals surface area contributed by atoms with Crippen LogP contribution < -0.4 is 15.4 Å². The number of carbonyl (C=O) groups excluding carboxylic acids is 2. The Balaban J connectivity index is 2.03. The van der Waals surface area contributed by atoms with Crippen LogP contribution in [-0.4, -0.2) is 24.2 Å². The van der Waals surface area contributed by atoms with Gasteiger partial charge in [-0.25, -0.2) is 9.18 Å². The number of amides is 2. The number of halogens is 1. The molecule has 2 aromatic rings. The molecule has 0 spiro atoms. The summed E-state index contributed by atoms with van der Waals surface area (Å²) in [6.45, 7) is 8.85. The molecule has 28 heavy (non-hydrogen) atoms. The van der Waals surface area contributed by atoms with E-state index < -0.39 is 23.4 Å². The largest absolute Gasteiger partial charge is 0.484 e. The predicted molar refractivity (Wildman–Crippen MR) is 106 cm³/mol. The van der Waals surface area contributed by atoms with Crippen LogP contribution in [0.15, 0.2) is 36.4 Å². The van der Waals surface area contributed by atoms with Gasteiger partial charge in [-0.3, -0.25) is 10.1 Å². The molecule has 7 heteroatoms. The number of carbonyl (C=O) groups is 2. The van der Waals surface area contributed by atoms with Gasteiger partial charge in [-0.1, -0.05) is 6.07 Å². The highest BCUT2D eigenvalue weighted by molar-refractivity contribution is 5.98. The molecule has 2 N–H and O–H groups in total. The van der Waals surface area contributed by atoms with Crippen LogP contribution in [0.1, 0.15) is 31.9 Å². The molecule has 0 fully saturated rings. The fourth-order valence-electron chi connectivity index (χ4n) is 2.28. The van der Waals surface area contributed by atoms with Gasteiger partial charge in [-0.15, -0.1) is 0 Å². The molecule has 0 bridgehead atoms. The second-order valence-electron chi connectivity index (χ2n) is 7.40. The van der Waals surface area contributed by atoms with E-state index in [0.29, 0.717) is 5.75 Å². The maximum atomic E-state index is 13.6. The molecule has 2 amide bonds. The molecule has 0 aliphatic heterocycles. The lowest BCUT2D eigenvalue weighted by atomic mass is 10.1. The Morgan fingerprint density at radius 1 is 0.964 bits per heavy atom. The van der Waals surface area contributed by atoms with Crippen LogP contribution in [0.3, 0.4) is 0 Å². The van der Waals surface area contributed by atoms with Gasteiger partial charge >= 0.3 is 6.09 Å². The van der Waals surface area contributed by atoms with Crippen LogP contribution in [0.25, 0.3) is 0 Å². The average Bonchev–Trinajstić information content (AvgIpc) is 2.57. The van der Waals surface area contributed by atoms with Gasteiger partial charge < -0.3 is 14.8 Å². The zero-order valence-electron chi connectivity index (χ0n) is 16.7. The Bertz CT molecular complexity index is 875. The fourth-order valence-corrected chi connectivity index (χ4v) is 2.28. The zero-order chi connectivity index (χ0) is 20.9. The summed E-state index contributed by atoms with van der Waals surface area (Å²) in [6, 6.07) is 9.14. The second-order valence-corrected chi connectivity index (χ2v) is 7.40. The van der Waals surface area contributed by atoms with Crippen molar-refractivity contribution >= 4 is 23.4 Å². The number of aryl methyl sites for hydroxylation is 2. The van der Waals surface area contributed by atoms with Gasteiger partial charge in [-0.2, -0.15) is 0 Å². The van der Waals surface area contributed by atoms with Crippen LogP contribution in [0.2, 0.25) is 0 Å². The molecular formula is C21H25FN2O4. The van der Waals surface area contributed by atoms with Crippen LogP contribution in [-0.2, 0) is 9.53 Å². The average molecular weight is 388 g/mol. The van der Waals surface area contributed by atoms with E-state index in [1.54, 1.807) is 26.8 Å². The summed E-state index contributed by atoms with van der Waals surface area (Å²) in [5, 5.41) is 5.05. The molecule has 0 aliphatic rings. The molecule has 0 atom stereocenters. The number of hydrogen-bond donors (Lipinski definition) is 2. The smallest absolute Gasteiger partial charge is 0.412 e. The summed E-state index contributed by atoms with van der Waals surface area (Å²) in [6.07, 6.45) is -0.707. The number of anilines is 2. The van der Waals surface area contributed by atoms with Crippen molar-refractivity contribution in [2.45, 2.75) is 40.2 Å². The lowest BCUT2D eigenvalue weighted by Crippen LogP contribution is -2.28. The minimum absolute atomic E-state index is 0.111. The summed E-state index contributed by atoms with van der Waals surface area (Å²) in [5.74, 6) is -0.485. The highest BCUT2D eigenvalue weighted by Crippen LogP contribution is 2.24. The van der Waals surface area contributed by atoms with Crippen molar-refractivity contribution in [3.63, 3.8) is 0 Å². The van der Waals surface area contributed by atoms with Gasteiger partial charge in [0.1, 0.15) is 17.2 Å². The van der Waals surface area contributed by atoms with Gasteiger partial charge in [0, 0.05) is 0 Å². The van der Waals surface area contributed by atoms with E-state index in [2.05, 4.69) is 10.6 Å². The molecule has 0 heterocycles. The van der Waals surface area contributed by atoms with Crippen molar-refractivity contribution in [3.8, 4) is 5.75 Å². The van der Waals surface area contributed by atoms with Crippen LogP contribution in [0, 0.1) is 19.7 Å². The molecule has 2 rings (SSSR count). The molecule has 0 unspecified atom stereocenters. The quantitative estimate of drug-likeness (QED) is 0.771. The first kappa shape index (κ1) is 21.2. The molecule has 0 aliphatic carbocycles. The van der Waals surface area contributed by atoms with Crippen molar-refractivity contribution in [2.75, 3.05) is 17.2 Å². The zero-order valence-corrected chi connectivity index (χ0v) is 16.7. The topological polar surface area (TPSA) is 76.7 Å². The third-order valence-electron chi connectivity index (χ3n) is 3.74. The second kappa shape index (κ2) is 8.73.